The normalized spacial score (nSPS) is 15.1. The summed E-state index contributed by atoms with van der Waals surface area (Å²) in [6.07, 6.45) is 6.53. The zero-order valence-electron chi connectivity index (χ0n) is 14.0. The van der Waals surface area contributed by atoms with Crippen molar-refractivity contribution in [2.24, 2.45) is 0 Å². The molecule has 1 aliphatic rings. The summed E-state index contributed by atoms with van der Waals surface area (Å²) in [5.74, 6) is 1.18. The molecule has 1 fully saturated rings. The highest BCUT2D eigenvalue weighted by molar-refractivity contribution is 7.98. The van der Waals surface area contributed by atoms with Crippen molar-refractivity contribution >= 4 is 58.2 Å². The number of hydrogen-bond acceptors (Lipinski definition) is 5. The Morgan fingerprint density at radius 1 is 1.08 bits per heavy atom. The molecule has 9 heteroatoms. The smallest absolute Gasteiger partial charge is 0.256 e. The Labute approximate surface area is 170 Å². The SMILES string of the molecule is CSc1nc2nc(Cl)c(-c3c(Cl)cccc3Cl)c(NC3CCCC3)n2n1. The second kappa shape index (κ2) is 7.43. The van der Waals surface area contributed by atoms with Crippen LogP contribution in [0.2, 0.25) is 15.2 Å². The summed E-state index contributed by atoms with van der Waals surface area (Å²) in [6.45, 7) is 0. The van der Waals surface area contributed by atoms with Crippen LogP contribution in [0.5, 0.6) is 0 Å². The lowest BCUT2D eigenvalue weighted by molar-refractivity contribution is 0.738. The predicted octanol–water partition coefficient (Wildman–Crippen LogP) is 5.83. The van der Waals surface area contributed by atoms with Crippen LogP contribution in [-0.4, -0.2) is 31.9 Å². The molecule has 0 unspecified atom stereocenters. The van der Waals surface area contributed by atoms with Crippen LogP contribution in [0.3, 0.4) is 0 Å². The van der Waals surface area contributed by atoms with E-state index < -0.39 is 0 Å². The molecule has 0 bridgehead atoms. The van der Waals surface area contributed by atoms with E-state index in [-0.39, 0.29) is 0 Å². The Balaban J connectivity index is 1.99. The summed E-state index contributed by atoms with van der Waals surface area (Å²) >= 11 is 20.9. The monoisotopic (exact) mass is 427 g/mol. The molecule has 0 atom stereocenters. The minimum atomic E-state index is 0.299. The van der Waals surface area contributed by atoms with Crippen molar-refractivity contribution in [3.63, 3.8) is 0 Å². The molecule has 4 rings (SSSR count). The first-order valence-electron chi connectivity index (χ1n) is 8.29. The molecule has 1 aromatic carbocycles. The molecule has 136 valence electrons. The van der Waals surface area contributed by atoms with E-state index in [2.05, 4.69) is 20.4 Å². The van der Waals surface area contributed by atoms with Crippen LogP contribution in [0.15, 0.2) is 23.4 Å². The third kappa shape index (κ3) is 3.24. The third-order valence-electron chi connectivity index (χ3n) is 4.52. The van der Waals surface area contributed by atoms with Crippen LogP contribution < -0.4 is 5.32 Å². The maximum absolute atomic E-state index is 6.57. The number of aromatic nitrogens is 4. The van der Waals surface area contributed by atoms with Gasteiger partial charge in [0.2, 0.25) is 5.16 Å². The number of thioether (sulfide) groups is 1. The fourth-order valence-corrected chi connectivity index (χ4v) is 4.48. The molecule has 1 saturated carbocycles. The number of anilines is 1. The Hall–Kier alpha value is -1.21. The number of halogens is 3. The Morgan fingerprint density at radius 2 is 1.77 bits per heavy atom. The van der Waals surface area contributed by atoms with Crippen molar-refractivity contribution < 1.29 is 0 Å². The van der Waals surface area contributed by atoms with Crippen LogP contribution >= 0.6 is 46.6 Å². The number of benzene rings is 1. The van der Waals surface area contributed by atoms with E-state index >= 15 is 0 Å². The van der Waals surface area contributed by atoms with Gasteiger partial charge in [-0.25, -0.2) is 0 Å². The lowest BCUT2D eigenvalue weighted by Crippen LogP contribution is -2.19. The number of rotatable bonds is 4. The van der Waals surface area contributed by atoms with Gasteiger partial charge in [0.15, 0.2) is 0 Å². The van der Waals surface area contributed by atoms with Crippen molar-refractivity contribution in [1.29, 1.82) is 0 Å². The number of fused-ring (bicyclic) bond motifs is 1. The zero-order chi connectivity index (χ0) is 18.3. The Bertz CT molecular complexity index is 948. The lowest BCUT2D eigenvalue weighted by atomic mass is 10.1. The molecule has 2 aromatic heterocycles. The quantitative estimate of drug-likeness (QED) is 0.418. The highest BCUT2D eigenvalue weighted by atomic mass is 35.5. The van der Waals surface area contributed by atoms with Gasteiger partial charge < -0.3 is 5.32 Å². The van der Waals surface area contributed by atoms with E-state index in [1.807, 2.05) is 6.26 Å². The van der Waals surface area contributed by atoms with Gasteiger partial charge in [0.05, 0.1) is 15.6 Å². The van der Waals surface area contributed by atoms with Crippen LogP contribution in [0, 0.1) is 0 Å². The fraction of sp³-hybridized carbons (Fsp3) is 0.353. The first kappa shape index (κ1) is 18.2. The summed E-state index contributed by atoms with van der Waals surface area (Å²) in [5, 5.41) is 10.1. The maximum atomic E-state index is 6.57. The third-order valence-corrected chi connectivity index (χ3v) is 5.96. The predicted molar refractivity (Wildman–Crippen MR) is 109 cm³/mol. The Morgan fingerprint density at radius 3 is 2.42 bits per heavy atom. The molecular weight excluding hydrogens is 413 g/mol. The van der Waals surface area contributed by atoms with Gasteiger partial charge in [0.1, 0.15) is 11.0 Å². The molecular formula is C17H16Cl3N5S. The van der Waals surface area contributed by atoms with Gasteiger partial charge in [-0.2, -0.15) is 14.5 Å². The molecule has 3 aromatic rings. The van der Waals surface area contributed by atoms with Crippen molar-refractivity contribution in [3.8, 4) is 11.1 Å². The molecule has 1 N–H and O–H groups in total. The van der Waals surface area contributed by atoms with Gasteiger partial charge in [0, 0.05) is 11.6 Å². The van der Waals surface area contributed by atoms with Crippen LogP contribution in [0.4, 0.5) is 5.82 Å². The summed E-state index contributed by atoms with van der Waals surface area (Å²) in [4.78, 5) is 8.84. The highest BCUT2D eigenvalue weighted by Crippen LogP contribution is 2.43. The highest BCUT2D eigenvalue weighted by Gasteiger charge is 2.25. The van der Waals surface area contributed by atoms with Gasteiger partial charge in [-0.05, 0) is 31.2 Å². The van der Waals surface area contributed by atoms with Crippen LogP contribution in [0.25, 0.3) is 16.9 Å². The topological polar surface area (TPSA) is 55.1 Å². The maximum Gasteiger partial charge on any atom is 0.256 e. The minimum Gasteiger partial charge on any atom is -0.367 e. The molecule has 26 heavy (non-hydrogen) atoms. The van der Waals surface area contributed by atoms with E-state index in [1.165, 1.54) is 24.6 Å². The van der Waals surface area contributed by atoms with E-state index in [4.69, 9.17) is 34.8 Å². The number of nitrogens with zero attached hydrogens (tertiary/aromatic N) is 4. The van der Waals surface area contributed by atoms with Gasteiger partial charge in [-0.15, -0.1) is 5.10 Å². The molecule has 1 aliphatic carbocycles. The molecule has 0 aliphatic heterocycles. The standard InChI is InChI=1S/C17H16Cl3N5S/c1-26-17-23-16-22-14(20)13(12-10(18)7-4-8-11(12)19)15(25(16)24-17)21-9-5-2-3-6-9/h4,7-9,21H,2-3,5-6H2,1H3. The molecule has 5 nitrogen and oxygen atoms in total. The summed E-state index contributed by atoms with van der Waals surface area (Å²) in [7, 11) is 0. The van der Waals surface area contributed by atoms with Gasteiger partial charge in [0.25, 0.3) is 5.78 Å². The fourth-order valence-electron chi connectivity index (χ4n) is 3.30. The first-order valence-corrected chi connectivity index (χ1v) is 10.7. The van der Waals surface area contributed by atoms with Crippen LogP contribution in [0.1, 0.15) is 25.7 Å². The first-order chi connectivity index (χ1) is 12.6. The molecule has 0 amide bonds. The average molecular weight is 429 g/mol. The number of hydrogen-bond donors (Lipinski definition) is 1. The van der Waals surface area contributed by atoms with E-state index in [0.29, 0.717) is 43.3 Å². The summed E-state index contributed by atoms with van der Waals surface area (Å²) in [6, 6.07) is 5.73. The second-order valence-electron chi connectivity index (χ2n) is 6.16. The van der Waals surface area contributed by atoms with Crippen LogP contribution in [-0.2, 0) is 0 Å². The summed E-state index contributed by atoms with van der Waals surface area (Å²) in [5.41, 5.74) is 1.30. The average Bonchev–Trinajstić information content (AvgIpc) is 3.26. The second-order valence-corrected chi connectivity index (χ2v) is 8.10. The van der Waals surface area contributed by atoms with Gasteiger partial charge >= 0.3 is 0 Å². The number of nitrogens with one attached hydrogen (secondary N) is 1. The van der Waals surface area contributed by atoms with Gasteiger partial charge in [-0.3, -0.25) is 0 Å². The largest absolute Gasteiger partial charge is 0.367 e. The molecule has 0 saturated heterocycles. The van der Waals surface area contributed by atoms with E-state index in [1.54, 1.807) is 22.7 Å². The molecule has 0 spiro atoms. The Kier molecular flexibility index (Phi) is 5.19. The zero-order valence-corrected chi connectivity index (χ0v) is 17.1. The lowest BCUT2D eigenvalue weighted by Gasteiger charge is -2.19. The van der Waals surface area contributed by atoms with E-state index in [0.717, 1.165) is 18.7 Å². The minimum absolute atomic E-state index is 0.299. The van der Waals surface area contributed by atoms with Gasteiger partial charge in [-0.1, -0.05) is 65.5 Å². The van der Waals surface area contributed by atoms with Crippen molar-refractivity contribution in [2.75, 3.05) is 11.6 Å². The van der Waals surface area contributed by atoms with E-state index in [9.17, 15) is 0 Å². The van der Waals surface area contributed by atoms with Crippen molar-refractivity contribution in [3.05, 3.63) is 33.4 Å². The summed E-state index contributed by atoms with van der Waals surface area (Å²) < 4.78 is 1.70. The van der Waals surface area contributed by atoms with Crippen molar-refractivity contribution in [1.82, 2.24) is 19.6 Å². The molecule has 0 radical (unpaired) electrons. The van der Waals surface area contributed by atoms with Crippen molar-refractivity contribution in [2.45, 2.75) is 36.9 Å². The molecule has 2 heterocycles.